The first-order valence-corrected chi connectivity index (χ1v) is 9.66. The number of hydrogen-bond donors (Lipinski definition) is 3. The molecule has 4 heteroatoms. The first kappa shape index (κ1) is 23.6. The van der Waals surface area contributed by atoms with Crippen molar-refractivity contribution in [2.24, 2.45) is 0 Å². The second-order valence-electron chi connectivity index (χ2n) is 6.28. The summed E-state index contributed by atoms with van der Waals surface area (Å²) in [7, 11) is 0. The Bertz CT molecular complexity index is 402. The summed E-state index contributed by atoms with van der Waals surface area (Å²) in [5.41, 5.74) is 0. The Balaban J connectivity index is 3.97. The van der Waals surface area contributed by atoms with E-state index in [1.54, 1.807) is 6.08 Å². The number of carbonyl (C=O) groups is 1. The van der Waals surface area contributed by atoms with E-state index in [-0.39, 0.29) is 12.5 Å². The number of allylic oxidation sites excluding steroid dienone is 5. The highest BCUT2D eigenvalue weighted by Gasteiger charge is 2.17. The minimum atomic E-state index is -0.858. The van der Waals surface area contributed by atoms with E-state index in [1.807, 2.05) is 13.0 Å². The highest BCUT2D eigenvalue weighted by Crippen LogP contribution is 2.04. The highest BCUT2D eigenvalue weighted by atomic mass is 16.3. The van der Waals surface area contributed by atoms with Crippen molar-refractivity contribution in [3.63, 3.8) is 0 Å². The maximum absolute atomic E-state index is 11.8. The lowest BCUT2D eigenvalue weighted by Crippen LogP contribution is -2.45. The molecule has 0 heterocycles. The molecule has 2 atom stereocenters. The van der Waals surface area contributed by atoms with Gasteiger partial charge in [-0.1, -0.05) is 62.6 Å². The first-order chi connectivity index (χ1) is 12.2. The summed E-state index contributed by atoms with van der Waals surface area (Å²) in [5, 5.41) is 22.2. The first-order valence-electron chi connectivity index (χ1n) is 9.66. The van der Waals surface area contributed by atoms with E-state index < -0.39 is 12.1 Å². The summed E-state index contributed by atoms with van der Waals surface area (Å²) in [4.78, 5) is 11.8. The maximum atomic E-state index is 11.8. The lowest BCUT2D eigenvalue weighted by molar-refractivity contribution is -0.123. The second kappa shape index (κ2) is 17.4. The Labute approximate surface area is 153 Å². The van der Waals surface area contributed by atoms with Crippen molar-refractivity contribution in [2.45, 2.75) is 83.8 Å². The normalized spacial score (nSPS) is 14.6. The third-order valence-corrected chi connectivity index (χ3v) is 3.95. The van der Waals surface area contributed by atoms with E-state index in [1.165, 1.54) is 0 Å². The molecule has 4 nitrogen and oxygen atoms in total. The Morgan fingerprint density at radius 1 is 1.00 bits per heavy atom. The van der Waals surface area contributed by atoms with Crippen LogP contribution in [0.15, 0.2) is 36.5 Å². The van der Waals surface area contributed by atoms with Gasteiger partial charge in [0, 0.05) is 6.42 Å². The van der Waals surface area contributed by atoms with Crippen LogP contribution in [0, 0.1) is 0 Å². The van der Waals surface area contributed by atoms with Crippen molar-refractivity contribution in [3.05, 3.63) is 36.5 Å². The monoisotopic (exact) mass is 351 g/mol. The van der Waals surface area contributed by atoms with Gasteiger partial charge in [0.25, 0.3) is 0 Å². The van der Waals surface area contributed by atoms with Crippen LogP contribution in [-0.2, 0) is 4.79 Å². The molecule has 25 heavy (non-hydrogen) atoms. The number of rotatable bonds is 15. The molecule has 0 fully saturated rings. The molecule has 0 saturated heterocycles. The van der Waals surface area contributed by atoms with Crippen LogP contribution >= 0.6 is 0 Å². The Morgan fingerprint density at radius 3 is 2.24 bits per heavy atom. The Morgan fingerprint density at radius 2 is 1.64 bits per heavy atom. The van der Waals surface area contributed by atoms with Crippen molar-refractivity contribution in [1.29, 1.82) is 0 Å². The van der Waals surface area contributed by atoms with Crippen LogP contribution in [0.3, 0.4) is 0 Å². The fraction of sp³-hybridized carbons (Fsp3) is 0.667. The van der Waals surface area contributed by atoms with Gasteiger partial charge in [-0.3, -0.25) is 4.79 Å². The van der Waals surface area contributed by atoms with E-state index in [9.17, 15) is 15.0 Å². The van der Waals surface area contributed by atoms with Crippen LogP contribution in [0.4, 0.5) is 0 Å². The second-order valence-corrected chi connectivity index (χ2v) is 6.28. The molecule has 0 aromatic rings. The van der Waals surface area contributed by atoms with Crippen molar-refractivity contribution < 1.29 is 15.0 Å². The number of carbonyl (C=O) groups excluding carboxylic acids is 1. The molecule has 0 aliphatic carbocycles. The number of hydrogen-bond acceptors (Lipinski definition) is 3. The molecule has 144 valence electrons. The summed E-state index contributed by atoms with van der Waals surface area (Å²) in [5.74, 6) is -0.105. The Kier molecular flexibility index (Phi) is 16.5. The molecule has 0 aliphatic rings. The van der Waals surface area contributed by atoms with Gasteiger partial charge < -0.3 is 15.5 Å². The van der Waals surface area contributed by atoms with E-state index in [0.717, 1.165) is 51.4 Å². The van der Waals surface area contributed by atoms with Gasteiger partial charge in [-0.05, 0) is 39.0 Å². The minimum Gasteiger partial charge on any atom is -0.394 e. The molecule has 3 N–H and O–H groups in total. The molecular weight excluding hydrogens is 314 g/mol. The lowest BCUT2D eigenvalue weighted by atomic mass is 10.1. The summed E-state index contributed by atoms with van der Waals surface area (Å²) in [6.07, 6.45) is 19.7. The SMILES string of the molecule is C/C=C/CC/C=C/CC/C=C/C(O)C(CO)NC(=O)CCCCCC. The van der Waals surface area contributed by atoms with Gasteiger partial charge in [0.1, 0.15) is 0 Å². The molecule has 1 amide bonds. The average Bonchev–Trinajstić information content (AvgIpc) is 2.61. The number of nitrogens with one attached hydrogen (secondary N) is 1. The maximum Gasteiger partial charge on any atom is 0.220 e. The van der Waals surface area contributed by atoms with E-state index in [0.29, 0.717) is 6.42 Å². The standard InChI is InChI=1S/C21H37NO3/c1-3-5-7-9-10-11-12-13-14-16-20(24)19(18-23)22-21(25)17-15-8-6-4-2/h3,5,10-11,14,16,19-20,23-24H,4,6-9,12-13,15,17-18H2,1-2H3,(H,22,25)/b5-3+,11-10+,16-14+. The highest BCUT2D eigenvalue weighted by molar-refractivity contribution is 5.76. The van der Waals surface area contributed by atoms with Gasteiger partial charge in [-0.15, -0.1) is 0 Å². The molecule has 2 unspecified atom stereocenters. The van der Waals surface area contributed by atoms with E-state index in [2.05, 4.69) is 36.5 Å². The summed E-state index contributed by atoms with van der Waals surface area (Å²) < 4.78 is 0. The molecule has 0 aromatic carbocycles. The van der Waals surface area contributed by atoms with Crippen molar-refractivity contribution >= 4 is 5.91 Å². The topological polar surface area (TPSA) is 69.6 Å². The van der Waals surface area contributed by atoms with Crippen LogP contribution in [0.25, 0.3) is 0 Å². The van der Waals surface area contributed by atoms with Gasteiger partial charge >= 0.3 is 0 Å². The predicted octanol–water partition coefficient (Wildman–Crippen LogP) is 4.04. The number of aliphatic hydroxyl groups excluding tert-OH is 2. The van der Waals surface area contributed by atoms with E-state index >= 15 is 0 Å². The van der Waals surface area contributed by atoms with Crippen LogP contribution in [-0.4, -0.2) is 34.9 Å². The van der Waals surface area contributed by atoms with Gasteiger partial charge in [-0.25, -0.2) is 0 Å². The summed E-state index contributed by atoms with van der Waals surface area (Å²) >= 11 is 0. The van der Waals surface area contributed by atoms with Gasteiger partial charge in [0.2, 0.25) is 5.91 Å². The van der Waals surface area contributed by atoms with Crippen LogP contribution in [0.2, 0.25) is 0 Å². The fourth-order valence-electron chi connectivity index (χ4n) is 2.39. The quantitative estimate of drug-likeness (QED) is 0.308. The molecule has 0 aromatic heterocycles. The largest absolute Gasteiger partial charge is 0.394 e. The predicted molar refractivity (Wildman–Crippen MR) is 105 cm³/mol. The third-order valence-electron chi connectivity index (χ3n) is 3.95. The van der Waals surface area contributed by atoms with Crippen LogP contribution in [0.5, 0.6) is 0 Å². The molecular formula is C21H37NO3. The molecule has 0 spiro atoms. The number of amides is 1. The summed E-state index contributed by atoms with van der Waals surface area (Å²) in [6.45, 7) is 3.88. The van der Waals surface area contributed by atoms with Gasteiger partial charge in [0.05, 0.1) is 18.8 Å². The van der Waals surface area contributed by atoms with Crippen LogP contribution < -0.4 is 5.32 Å². The van der Waals surface area contributed by atoms with E-state index in [4.69, 9.17) is 0 Å². The zero-order chi connectivity index (χ0) is 18.8. The molecule has 0 rings (SSSR count). The molecule has 0 aliphatic heterocycles. The number of unbranched alkanes of at least 4 members (excludes halogenated alkanes) is 5. The van der Waals surface area contributed by atoms with Crippen LogP contribution in [0.1, 0.15) is 71.6 Å². The van der Waals surface area contributed by atoms with Gasteiger partial charge in [-0.2, -0.15) is 0 Å². The average molecular weight is 352 g/mol. The minimum absolute atomic E-state index is 0.105. The third kappa shape index (κ3) is 14.6. The lowest BCUT2D eigenvalue weighted by Gasteiger charge is -2.19. The molecule has 0 saturated carbocycles. The van der Waals surface area contributed by atoms with Crippen molar-refractivity contribution in [2.75, 3.05) is 6.61 Å². The molecule has 0 radical (unpaired) electrons. The summed E-state index contributed by atoms with van der Waals surface area (Å²) in [6, 6.07) is -0.633. The fourth-order valence-corrected chi connectivity index (χ4v) is 2.39. The van der Waals surface area contributed by atoms with Crippen molar-refractivity contribution in [1.82, 2.24) is 5.32 Å². The smallest absolute Gasteiger partial charge is 0.220 e. The Hall–Kier alpha value is -1.39. The zero-order valence-corrected chi connectivity index (χ0v) is 16.0. The molecule has 0 bridgehead atoms. The zero-order valence-electron chi connectivity index (χ0n) is 16.0. The van der Waals surface area contributed by atoms with Crippen molar-refractivity contribution in [3.8, 4) is 0 Å². The number of aliphatic hydroxyl groups is 2. The van der Waals surface area contributed by atoms with Gasteiger partial charge in [0.15, 0.2) is 0 Å².